The third-order valence-electron chi connectivity index (χ3n) is 3.17. The number of nitrogens with one attached hydrogen (secondary N) is 1. The zero-order valence-corrected chi connectivity index (χ0v) is 11.2. The number of aromatic hydroxyl groups is 1. The Morgan fingerprint density at radius 3 is 2.73 bits per heavy atom. The van der Waals surface area contributed by atoms with E-state index in [2.05, 4.69) is 30.6 Å². The molecule has 0 unspecified atom stereocenters. The first-order chi connectivity index (χ1) is 10.7. The summed E-state index contributed by atoms with van der Waals surface area (Å²) in [5, 5.41) is 32.8. The molecule has 0 saturated heterocycles. The van der Waals surface area contributed by atoms with Crippen LogP contribution < -0.4 is 5.43 Å². The van der Waals surface area contributed by atoms with E-state index in [1.165, 1.54) is 24.3 Å². The highest BCUT2D eigenvalue weighted by atomic mass is 16.6. The van der Waals surface area contributed by atoms with Crippen LogP contribution in [0.3, 0.4) is 0 Å². The van der Waals surface area contributed by atoms with Crippen molar-refractivity contribution in [1.82, 2.24) is 15.7 Å². The van der Waals surface area contributed by atoms with Gasteiger partial charge in [-0.3, -0.25) is 4.79 Å². The zero-order chi connectivity index (χ0) is 15.5. The van der Waals surface area contributed by atoms with E-state index in [0.29, 0.717) is 29.8 Å². The molecule has 0 fully saturated rings. The molecular weight excluding hydrogens is 290 g/mol. The highest BCUT2D eigenvalue weighted by Gasteiger charge is 2.27. The predicted molar refractivity (Wildman–Crippen MR) is 74.0 cm³/mol. The molecule has 3 N–H and O–H groups in total. The van der Waals surface area contributed by atoms with Crippen molar-refractivity contribution in [3.8, 4) is 5.75 Å². The summed E-state index contributed by atoms with van der Waals surface area (Å²) >= 11 is 0. The Morgan fingerprint density at radius 1 is 1.23 bits per heavy atom. The van der Waals surface area contributed by atoms with Crippen LogP contribution in [0.15, 0.2) is 39.2 Å². The fourth-order valence-electron chi connectivity index (χ4n) is 2.04. The van der Waals surface area contributed by atoms with Crippen LogP contribution in [0.1, 0.15) is 28.2 Å². The standard InChI is InChI=1S/C13H11N5O4/c19-8-3-1-7(2-4-8)13(20)15-14-11-9(16-21)5-6-10-12(11)18-22-17-10/h1-4,19,21H,5-6H2,(H,15,20)/b14-11-,16-9+. The third-order valence-corrected chi connectivity index (χ3v) is 3.17. The van der Waals surface area contributed by atoms with Crippen LogP contribution in [-0.2, 0) is 6.42 Å². The number of carbonyl (C=O) groups excluding carboxylic acids is 1. The summed E-state index contributed by atoms with van der Waals surface area (Å²) in [5.41, 5.74) is 4.09. The average molecular weight is 301 g/mol. The normalized spacial score (nSPS) is 17.5. The van der Waals surface area contributed by atoms with E-state index < -0.39 is 5.91 Å². The molecule has 0 radical (unpaired) electrons. The molecule has 1 aliphatic carbocycles. The summed E-state index contributed by atoms with van der Waals surface area (Å²) in [6, 6.07) is 5.69. The van der Waals surface area contributed by atoms with Crippen molar-refractivity contribution < 1.29 is 19.7 Å². The van der Waals surface area contributed by atoms with Gasteiger partial charge in [0.15, 0.2) is 5.69 Å². The van der Waals surface area contributed by atoms with Gasteiger partial charge in [-0.15, -0.1) is 0 Å². The maximum atomic E-state index is 12.0. The molecule has 1 amide bonds. The molecule has 9 heteroatoms. The van der Waals surface area contributed by atoms with Gasteiger partial charge in [0.05, 0.1) is 0 Å². The van der Waals surface area contributed by atoms with Crippen LogP contribution in [0.25, 0.3) is 0 Å². The number of nitrogens with zero attached hydrogens (tertiary/aromatic N) is 4. The van der Waals surface area contributed by atoms with Gasteiger partial charge in [0, 0.05) is 18.4 Å². The Balaban J connectivity index is 1.85. The summed E-state index contributed by atoms with van der Waals surface area (Å²) < 4.78 is 4.64. The lowest BCUT2D eigenvalue weighted by Crippen LogP contribution is -2.28. The van der Waals surface area contributed by atoms with Gasteiger partial charge in [-0.1, -0.05) is 10.3 Å². The fraction of sp³-hybridized carbons (Fsp3) is 0.154. The number of amides is 1. The van der Waals surface area contributed by atoms with Crippen LogP contribution >= 0.6 is 0 Å². The van der Waals surface area contributed by atoms with E-state index >= 15 is 0 Å². The van der Waals surface area contributed by atoms with Crippen LogP contribution in [0.5, 0.6) is 5.75 Å². The van der Waals surface area contributed by atoms with E-state index in [-0.39, 0.29) is 17.2 Å². The molecule has 0 bridgehead atoms. The van der Waals surface area contributed by atoms with Gasteiger partial charge in [0.2, 0.25) is 0 Å². The van der Waals surface area contributed by atoms with Crippen LogP contribution in [0.2, 0.25) is 0 Å². The minimum Gasteiger partial charge on any atom is -0.508 e. The van der Waals surface area contributed by atoms with Gasteiger partial charge in [-0.05, 0) is 29.4 Å². The van der Waals surface area contributed by atoms with Gasteiger partial charge in [0.25, 0.3) is 5.91 Å². The summed E-state index contributed by atoms with van der Waals surface area (Å²) in [4.78, 5) is 12.0. The van der Waals surface area contributed by atoms with Crippen molar-refractivity contribution in [1.29, 1.82) is 0 Å². The molecular formula is C13H11N5O4. The molecule has 1 aromatic heterocycles. The SMILES string of the molecule is O=C(N/N=C1/C(=N/O)CCc2nonc21)c1ccc(O)cc1. The first-order valence-electron chi connectivity index (χ1n) is 6.39. The summed E-state index contributed by atoms with van der Waals surface area (Å²) in [6.45, 7) is 0. The molecule has 2 aromatic rings. The molecule has 1 heterocycles. The quantitative estimate of drug-likeness (QED) is 0.552. The largest absolute Gasteiger partial charge is 0.508 e. The van der Waals surface area contributed by atoms with Crippen molar-refractivity contribution in [2.75, 3.05) is 0 Å². The molecule has 1 aliphatic rings. The van der Waals surface area contributed by atoms with Gasteiger partial charge < -0.3 is 10.3 Å². The van der Waals surface area contributed by atoms with Gasteiger partial charge >= 0.3 is 0 Å². The zero-order valence-electron chi connectivity index (χ0n) is 11.2. The summed E-state index contributed by atoms with van der Waals surface area (Å²) in [6.07, 6.45) is 0.925. The van der Waals surface area contributed by atoms with E-state index in [1.54, 1.807) is 0 Å². The molecule has 3 rings (SSSR count). The third kappa shape index (κ3) is 2.51. The number of aromatic nitrogens is 2. The number of hydrazone groups is 1. The van der Waals surface area contributed by atoms with E-state index in [0.717, 1.165) is 0 Å². The van der Waals surface area contributed by atoms with E-state index in [9.17, 15) is 9.90 Å². The molecule has 1 aromatic carbocycles. The Bertz CT molecular complexity index is 763. The second-order valence-corrected chi connectivity index (χ2v) is 4.55. The number of phenolic OH excluding ortho intramolecular Hbond substituents is 1. The average Bonchev–Trinajstić information content (AvgIpc) is 3.01. The van der Waals surface area contributed by atoms with Crippen molar-refractivity contribution in [2.45, 2.75) is 12.8 Å². The summed E-state index contributed by atoms with van der Waals surface area (Å²) in [7, 11) is 0. The molecule has 9 nitrogen and oxygen atoms in total. The highest BCUT2D eigenvalue weighted by molar-refractivity contribution is 6.48. The number of hydrogen-bond donors (Lipinski definition) is 3. The van der Waals surface area contributed by atoms with Crippen molar-refractivity contribution in [3.63, 3.8) is 0 Å². The number of aryl methyl sites for hydroxylation is 1. The number of fused-ring (bicyclic) bond motifs is 1. The van der Waals surface area contributed by atoms with Crippen molar-refractivity contribution in [2.24, 2.45) is 10.3 Å². The number of rotatable bonds is 2. The highest BCUT2D eigenvalue weighted by Crippen LogP contribution is 2.16. The van der Waals surface area contributed by atoms with Crippen LogP contribution in [0.4, 0.5) is 0 Å². The lowest BCUT2D eigenvalue weighted by molar-refractivity contribution is 0.0955. The Kier molecular flexibility index (Phi) is 3.52. The van der Waals surface area contributed by atoms with Crippen LogP contribution in [0, 0.1) is 0 Å². The van der Waals surface area contributed by atoms with Crippen LogP contribution in [-0.4, -0.2) is 38.0 Å². The number of carbonyl (C=O) groups is 1. The lowest BCUT2D eigenvalue weighted by Gasteiger charge is -2.11. The maximum Gasteiger partial charge on any atom is 0.271 e. The molecule has 22 heavy (non-hydrogen) atoms. The van der Waals surface area contributed by atoms with E-state index in [1.807, 2.05) is 0 Å². The summed E-state index contributed by atoms with van der Waals surface area (Å²) in [5.74, 6) is -0.420. The minimum absolute atomic E-state index is 0.0585. The Hall–Kier alpha value is -3.23. The first kappa shape index (κ1) is 13.7. The fourth-order valence-corrected chi connectivity index (χ4v) is 2.04. The monoisotopic (exact) mass is 301 g/mol. The topological polar surface area (TPSA) is 133 Å². The Morgan fingerprint density at radius 2 is 2.00 bits per heavy atom. The predicted octanol–water partition coefficient (Wildman–Crippen LogP) is 0.686. The minimum atomic E-state index is -0.478. The second kappa shape index (κ2) is 5.64. The maximum absolute atomic E-state index is 12.0. The number of benzene rings is 1. The molecule has 0 saturated carbocycles. The van der Waals surface area contributed by atoms with Gasteiger partial charge in [-0.25, -0.2) is 10.1 Å². The number of oxime groups is 1. The molecule has 0 spiro atoms. The number of phenols is 1. The van der Waals surface area contributed by atoms with Crippen molar-refractivity contribution >= 4 is 17.3 Å². The molecule has 112 valence electrons. The smallest absolute Gasteiger partial charge is 0.271 e. The van der Waals surface area contributed by atoms with E-state index in [4.69, 9.17) is 5.21 Å². The molecule has 0 aliphatic heterocycles. The lowest BCUT2D eigenvalue weighted by atomic mass is 9.97. The Labute approximate surface area is 123 Å². The van der Waals surface area contributed by atoms with Gasteiger partial charge in [0.1, 0.15) is 22.9 Å². The first-order valence-corrected chi connectivity index (χ1v) is 6.39. The van der Waals surface area contributed by atoms with Crippen molar-refractivity contribution in [3.05, 3.63) is 41.2 Å². The van der Waals surface area contributed by atoms with Gasteiger partial charge in [-0.2, -0.15) is 5.10 Å². The molecule has 0 atom stereocenters. The second-order valence-electron chi connectivity index (χ2n) is 4.55. The number of hydrogen-bond acceptors (Lipinski definition) is 8.